The van der Waals surface area contributed by atoms with E-state index in [9.17, 15) is 8.78 Å². The van der Waals surface area contributed by atoms with Gasteiger partial charge in [-0.2, -0.15) is 0 Å². The van der Waals surface area contributed by atoms with Gasteiger partial charge in [-0.05, 0) is 23.8 Å². The second kappa shape index (κ2) is 5.62. The molecular formula is C7H5ClF2Zn-. The Morgan fingerprint density at radius 2 is 1.73 bits per heavy atom. The van der Waals surface area contributed by atoms with E-state index in [2.05, 4.69) is 6.58 Å². The molecule has 1 radical (unpaired) electrons. The Bertz CT molecular complexity index is 199. The monoisotopic (exact) mass is 226 g/mol. The molecule has 57 valence electrons. The zero-order valence-electron chi connectivity index (χ0n) is 5.78. The van der Waals surface area contributed by atoms with Crippen LogP contribution in [0.1, 0.15) is 0 Å². The Labute approximate surface area is 83.2 Å². The first kappa shape index (κ1) is 13.6. The van der Waals surface area contributed by atoms with Crippen molar-refractivity contribution in [2.45, 2.75) is 0 Å². The predicted molar refractivity (Wildman–Crippen MR) is 31.8 cm³/mol. The Kier molecular flexibility index (Phi) is 6.93. The molecule has 1 aliphatic carbocycles. The van der Waals surface area contributed by atoms with Crippen LogP contribution in [0.3, 0.4) is 0 Å². The van der Waals surface area contributed by atoms with Crippen molar-refractivity contribution >= 4 is 0 Å². The van der Waals surface area contributed by atoms with E-state index in [1.165, 1.54) is 0 Å². The van der Waals surface area contributed by atoms with Gasteiger partial charge in [0.25, 0.3) is 0 Å². The molecule has 0 amide bonds. The summed E-state index contributed by atoms with van der Waals surface area (Å²) in [5, 5.41) is 0. The maximum Gasteiger partial charge on any atom is 0.195 e. The molecule has 1 aliphatic rings. The molecule has 11 heavy (non-hydrogen) atoms. The van der Waals surface area contributed by atoms with E-state index in [0.29, 0.717) is 0 Å². The van der Waals surface area contributed by atoms with Crippen molar-refractivity contribution < 1.29 is 40.7 Å². The maximum absolute atomic E-state index is 12.3. The summed E-state index contributed by atoms with van der Waals surface area (Å²) < 4.78 is 24.4. The number of allylic oxidation sites excluding steroid dienone is 5. The van der Waals surface area contributed by atoms with Crippen LogP contribution in [0.4, 0.5) is 8.78 Å². The Morgan fingerprint density at radius 3 is 2.09 bits per heavy atom. The van der Waals surface area contributed by atoms with Crippen LogP contribution in [0.2, 0.25) is 0 Å². The smallest absolute Gasteiger partial charge is 0.195 e. The summed E-state index contributed by atoms with van der Waals surface area (Å²) in [7, 11) is 0. The van der Waals surface area contributed by atoms with Crippen molar-refractivity contribution in [3.05, 3.63) is 42.4 Å². The second-order valence-corrected chi connectivity index (χ2v) is 1.74. The number of hydrogen-bond acceptors (Lipinski definition) is 0. The summed E-state index contributed by atoms with van der Waals surface area (Å²) in [6, 6.07) is 0. The molecular weight excluding hydrogens is 223 g/mol. The fraction of sp³-hybridized carbons (Fsp3) is 0. The van der Waals surface area contributed by atoms with Gasteiger partial charge in [-0.15, -0.1) is 0 Å². The minimum absolute atomic E-state index is 0. The third-order valence-electron chi connectivity index (χ3n) is 1.01. The largest absolute Gasteiger partial charge is 1.00 e. The van der Waals surface area contributed by atoms with Gasteiger partial charge in [-0.3, -0.25) is 0 Å². The molecule has 0 spiro atoms. The van der Waals surface area contributed by atoms with Crippen LogP contribution >= 0.6 is 0 Å². The quantitative estimate of drug-likeness (QED) is 0.489. The van der Waals surface area contributed by atoms with E-state index in [4.69, 9.17) is 0 Å². The van der Waals surface area contributed by atoms with E-state index in [-0.39, 0.29) is 37.5 Å². The first-order chi connectivity index (χ1) is 4.20. The first-order valence-electron chi connectivity index (χ1n) is 2.47. The van der Waals surface area contributed by atoms with Crippen LogP contribution in [0.15, 0.2) is 36.2 Å². The molecule has 0 aromatic carbocycles. The van der Waals surface area contributed by atoms with Gasteiger partial charge >= 0.3 is 0 Å². The Hall–Kier alpha value is -0.00662. The summed E-state index contributed by atoms with van der Waals surface area (Å²) in [6.45, 7) is 3.27. The van der Waals surface area contributed by atoms with Crippen molar-refractivity contribution in [1.82, 2.24) is 0 Å². The van der Waals surface area contributed by atoms with E-state index >= 15 is 0 Å². The van der Waals surface area contributed by atoms with Crippen LogP contribution in [-0.4, -0.2) is 0 Å². The fourth-order valence-corrected chi connectivity index (χ4v) is 0.543. The molecule has 0 heterocycles. The van der Waals surface area contributed by atoms with Gasteiger partial charge in [0, 0.05) is 19.5 Å². The van der Waals surface area contributed by atoms with Gasteiger partial charge in [0.05, 0.1) is 0 Å². The molecule has 0 atom stereocenters. The van der Waals surface area contributed by atoms with E-state index in [0.717, 1.165) is 18.2 Å². The van der Waals surface area contributed by atoms with Crippen LogP contribution in [0.5, 0.6) is 0 Å². The van der Waals surface area contributed by atoms with Gasteiger partial charge in [0.2, 0.25) is 0 Å². The fourth-order valence-electron chi connectivity index (χ4n) is 0.543. The third kappa shape index (κ3) is 3.78. The second-order valence-electron chi connectivity index (χ2n) is 1.74. The van der Waals surface area contributed by atoms with Gasteiger partial charge in [-0.25, -0.2) is 8.78 Å². The molecule has 0 nitrogen and oxygen atoms in total. The van der Waals surface area contributed by atoms with E-state index in [1.807, 2.05) is 0 Å². The minimum Gasteiger partial charge on any atom is -1.00 e. The predicted octanol–water partition coefficient (Wildman–Crippen LogP) is -0.531. The molecule has 0 bridgehead atoms. The van der Waals surface area contributed by atoms with Crippen LogP contribution in [0, 0.1) is 6.17 Å². The van der Waals surface area contributed by atoms with Crippen molar-refractivity contribution in [3.8, 4) is 0 Å². The summed E-state index contributed by atoms with van der Waals surface area (Å²) in [5.41, 5.74) is 0.0926. The zero-order chi connectivity index (χ0) is 6.85. The van der Waals surface area contributed by atoms with Gasteiger partial charge < -0.3 is 12.4 Å². The van der Waals surface area contributed by atoms with Crippen LogP contribution < -0.4 is 12.4 Å². The molecule has 0 fully saturated rings. The van der Waals surface area contributed by atoms with Gasteiger partial charge in [-0.1, -0.05) is 6.58 Å². The molecule has 0 saturated heterocycles. The molecule has 0 aromatic heterocycles. The van der Waals surface area contributed by atoms with Crippen molar-refractivity contribution in [2.24, 2.45) is 0 Å². The SMILES string of the molecule is C=C1C=C(F)C=C[C]1F.[Cl-].[Zn]. The third-order valence-corrected chi connectivity index (χ3v) is 1.01. The average molecular weight is 228 g/mol. The molecule has 0 saturated carbocycles. The first-order valence-corrected chi connectivity index (χ1v) is 2.47. The summed E-state index contributed by atoms with van der Waals surface area (Å²) in [4.78, 5) is 0. The maximum atomic E-state index is 12.3. The van der Waals surface area contributed by atoms with Crippen molar-refractivity contribution in [2.75, 3.05) is 0 Å². The summed E-state index contributed by atoms with van der Waals surface area (Å²) in [6.07, 6.45) is 2.69. The molecule has 4 heteroatoms. The van der Waals surface area contributed by atoms with Gasteiger partial charge in [0.15, 0.2) is 6.17 Å². The van der Waals surface area contributed by atoms with Crippen molar-refractivity contribution in [3.63, 3.8) is 0 Å². The van der Waals surface area contributed by atoms with Gasteiger partial charge in [0.1, 0.15) is 5.83 Å². The van der Waals surface area contributed by atoms with Crippen LogP contribution in [-0.2, 0) is 19.5 Å². The number of halogens is 3. The Morgan fingerprint density at radius 1 is 1.18 bits per heavy atom. The summed E-state index contributed by atoms with van der Waals surface area (Å²) in [5.74, 6) is -0.457. The topological polar surface area (TPSA) is 0 Å². The Balaban J connectivity index is 0. The molecule has 0 unspecified atom stereocenters. The molecule has 1 rings (SSSR count). The summed E-state index contributed by atoms with van der Waals surface area (Å²) >= 11 is 0. The standard InChI is InChI=1S/C7H5F2.ClH.Zn/c1-5-4-6(8)2-3-7(5)9;;/h2-4H,1H2;1H;/p-1. The number of hydrogen-bond donors (Lipinski definition) is 0. The zero-order valence-corrected chi connectivity index (χ0v) is 9.50. The minimum atomic E-state index is -0.476. The average Bonchev–Trinajstić information content (AvgIpc) is 1.80. The van der Waals surface area contributed by atoms with Crippen LogP contribution in [0.25, 0.3) is 0 Å². The number of rotatable bonds is 0. The normalized spacial score (nSPS) is 16.5. The van der Waals surface area contributed by atoms with Crippen molar-refractivity contribution in [1.29, 1.82) is 0 Å². The van der Waals surface area contributed by atoms with E-state index < -0.39 is 12.0 Å². The molecule has 0 N–H and O–H groups in total. The van der Waals surface area contributed by atoms with E-state index in [1.54, 1.807) is 0 Å². The molecule has 0 aliphatic heterocycles. The molecule has 0 aromatic rings.